The first-order valence-electron chi connectivity index (χ1n) is 13.1. The third kappa shape index (κ3) is 4.85. The Labute approximate surface area is 192 Å². The van der Waals surface area contributed by atoms with E-state index in [0.29, 0.717) is 6.42 Å². The normalized spacial score (nSPS) is 42.2. The van der Waals surface area contributed by atoms with Gasteiger partial charge in [-0.1, -0.05) is 38.3 Å². The van der Waals surface area contributed by atoms with Crippen molar-refractivity contribution in [3.8, 4) is 0 Å². The lowest BCUT2D eigenvalue weighted by atomic mass is 9.89. The number of rotatable bonds is 10. The van der Waals surface area contributed by atoms with Gasteiger partial charge in [0.25, 0.3) is 0 Å². The second kappa shape index (κ2) is 10.2. The molecular formula is C26H40O6. The number of unbranched alkanes of at least 4 members (excludes halogenated alkanes) is 2. The average molecular weight is 449 g/mol. The van der Waals surface area contributed by atoms with Crippen molar-refractivity contribution in [2.45, 2.75) is 120 Å². The van der Waals surface area contributed by atoms with Crippen LogP contribution in [0.5, 0.6) is 0 Å². The van der Waals surface area contributed by atoms with Gasteiger partial charge in [0.05, 0.1) is 12.2 Å². The molecule has 180 valence electrons. The van der Waals surface area contributed by atoms with E-state index in [-0.39, 0.29) is 54.1 Å². The summed E-state index contributed by atoms with van der Waals surface area (Å²) in [6, 6.07) is 0. The van der Waals surface area contributed by atoms with Crippen molar-refractivity contribution in [3.05, 3.63) is 12.2 Å². The van der Waals surface area contributed by atoms with Crippen LogP contribution in [0.4, 0.5) is 0 Å². The standard InChI is InChI=1S/C26H40O6/c1-2-3-4-9-18(30-23-10-5-7-14-28-23)12-13-19-20-16-21(27)25-26(20,32-25)17-22(19)31-24-11-6-8-15-29-24/h12-13,18-20,22-25H,2-11,14-17H2,1H3/t18-,19+,20+,22+,23?,24?,25+,26-/m0/s1. The number of Topliss-reactive ketones (excluding diaryl/α,β-unsaturated/α-hetero) is 1. The second-order valence-electron chi connectivity index (χ2n) is 10.3. The highest BCUT2D eigenvalue weighted by Gasteiger charge is 2.75. The fourth-order valence-electron chi connectivity index (χ4n) is 6.26. The highest BCUT2D eigenvalue weighted by molar-refractivity contribution is 5.91. The van der Waals surface area contributed by atoms with Gasteiger partial charge in [-0.3, -0.25) is 4.79 Å². The smallest absolute Gasteiger partial charge is 0.165 e. The van der Waals surface area contributed by atoms with Gasteiger partial charge in [0.15, 0.2) is 18.4 Å². The molecule has 0 bridgehead atoms. The van der Waals surface area contributed by atoms with Gasteiger partial charge >= 0.3 is 0 Å². The van der Waals surface area contributed by atoms with Crippen molar-refractivity contribution in [1.82, 2.24) is 0 Å². The highest BCUT2D eigenvalue weighted by Crippen LogP contribution is 2.63. The maximum absolute atomic E-state index is 12.4. The van der Waals surface area contributed by atoms with Gasteiger partial charge in [0, 0.05) is 37.9 Å². The van der Waals surface area contributed by atoms with Crippen molar-refractivity contribution in [2.24, 2.45) is 11.8 Å². The Morgan fingerprint density at radius 3 is 2.56 bits per heavy atom. The van der Waals surface area contributed by atoms with Crippen molar-refractivity contribution in [1.29, 1.82) is 0 Å². The number of ketones is 1. The molecule has 0 aromatic rings. The molecule has 2 unspecified atom stereocenters. The molecular weight excluding hydrogens is 408 g/mol. The van der Waals surface area contributed by atoms with Gasteiger partial charge in [-0.25, -0.2) is 0 Å². The van der Waals surface area contributed by atoms with Crippen LogP contribution in [0, 0.1) is 11.8 Å². The summed E-state index contributed by atoms with van der Waals surface area (Å²) in [4.78, 5) is 12.4. The van der Waals surface area contributed by atoms with Crippen LogP contribution in [0.2, 0.25) is 0 Å². The zero-order chi connectivity index (χ0) is 22.0. The van der Waals surface area contributed by atoms with E-state index in [1.807, 2.05) is 0 Å². The summed E-state index contributed by atoms with van der Waals surface area (Å²) in [5.74, 6) is 0.653. The molecule has 5 fully saturated rings. The van der Waals surface area contributed by atoms with Gasteiger partial charge in [-0.2, -0.15) is 0 Å². The summed E-state index contributed by atoms with van der Waals surface area (Å²) in [6.45, 7) is 3.80. The van der Waals surface area contributed by atoms with Crippen LogP contribution in [-0.4, -0.2) is 55.5 Å². The number of hydrogen-bond acceptors (Lipinski definition) is 6. The summed E-state index contributed by atoms with van der Waals surface area (Å²) in [5, 5.41) is 0. The minimum absolute atomic E-state index is 0.0414. The van der Waals surface area contributed by atoms with Gasteiger partial charge in [-0.15, -0.1) is 0 Å². The van der Waals surface area contributed by atoms with Crippen LogP contribution in [0.3, 0.4) is 0 Å². The molecule has 3 heterocycles. The average Bonchev–Trinajstić information content (AvgIpc) is 3.38. The Hall–Kier alpha value is -0.790. The Kier molecular flexibility index (Phi) is 7.34. The van der Waals surface area contributed by atoms with E-state index < -0.39 is 0 Å². The summed E-state index contributed by atoms with van der Waals surface area (Å²) in [6.07, 6.45) is 16.6. The molecule has 0 radical (unpaired) electrons. The molecule has 3 saturated heterocycles. The molecule has 5 aliphatic rings. The van der Waals surface area contributed by atoms with E-state index in [9.17, 15) is 4.79 Å². The Morgan fingerprint density at radius 2 is 1.88 bits per heavy atom. The van der Waals surface area contributed by atoms with E-state index in [1.165, 1.54) is 19.3 Å². The maximum Gasteiger partial charge on any atom is 0.165 e. The molecule has 6 heteroatoms. The van der Waals surface area contributed by atoms with Crippen molar-refractivity contribution in [3.63, 3.8) is 0 Å². The molecule has 2 saturated carbocycles. The molecule has 0 aromatic heterocycles. The molecule has 1 spiro atoms. The Morgan fingerprint density at radius 1 is 1.09 bits per heavy atom. The van der Waals surface area contributed by atoms with Crippen molar-refractivity contribution < 1.29 is 28.5 Å². The molecule has 6 nitrogen and oxygen atoms in total. The molecule has 0 aromatic carbocycles. The van der Waals surface area contributed by atoms with Gasteiger partial charge in [0.2, 0.25) is 0 Å². The van der Waals surface area contributed by atoms with E-state index in [4.69, 9.17) is 23.7 Å². The highest BCUT2D eigenvalue weighted by atomic mass is 16.7. The molecule has 3 aliphatic heterocycles. The van der Waals surface area contributed by atoms with E-state index in [2.05, 4.69) is 19.1 Å². The predicted molar refractivity (Wildman–Crippen MR) is 119 cm³/mol. The molecule has 5 rings (SSSR count). The van der Waals surface area contributed by atoms with E-state index >= 15 is 0 Å². The quantitative estimate of drug-likeness (QED) is 0.274. The van der Waals surface area contributed by atoms with E-state index in [0.717, 1.165) is 64.6 Å². The Bertz CT molecular complexity index is 667. The number of carbonyl (C=O) groups is 1. The predicted octanol–water partition coefficient (Wildman–Crippen LogP) is 4.69. The minimum atomic E-state index is -0.281. The lowest BCUT2D eigenvalue weighted by Crippen LogP contribution is -2.31. The van der Waals surface area contributed by atoms with E-state index in [1.54, 1.807) is 0 Å². The Balaban J connectivity index is 1.28. The molecule has 0 N–H and O–H groups in total. The van der Waals surface area contributed by atoms with Crippen molar-refractivity contribution in [2.75, 3.05) is 13.2 Å². The van der Waals surface area contributed by atoms with Crippen molar-refractivity contribution >= 4 is 5.78 Å². The number of carbonyl (C=O) groups excluding carboxylic acids is 1. The first-order valence-corrected chi connectivity index (χ1v) is 13.1. The molecule has 0 amide bonds. The fraction of sp³-hybridized carbons (Fsp3) is 0.885. The van der Waals surface area contributed by atoms with Crippen LogP contribution in [0.15, 0.2) is 12.2 Å². The molecule has 8 atom stereocenters. The summed E-state index contributed by atoms with van der Waals surface area (Å²) >= 11 is 0. The summed E-state index contributed by atoms with van der Waals surface area (Å²) < 4.78 is 30.6. The molecule has 32 heavy (non-hydrogen) atoms. The van der Waals surface area contributed by atoms with Gasteiger partial charge in [0.1, 0.15) is 11.7 Å². The third-order valence-corrected chi connectivity index (χ3v) is 8.05. The lowest BCUT2D eigenvalue weighted by Gasteiger charge is -2.29. The lowest BCUT2D eigenvalue weighted by molar-refractivity contribution is -0.193. The van der Waals surface area contributed by atoms with Gasteiger partial charge in [-0.05, 0) is 44.9 Å². The zero-order valence-corrected chi connectivity index (χ0v) is 19.5. The van der Waals surface area contributed by atoms with Crippen LogP contribution in [0.1, 0.15) is 84.0 Å². The fourth-order valence-corrected chi connectivity index (χ4v) is 6.26. The third-order valence-electron chi connectivity index (χ3n) is 8.05. The number of hydrogen-bond donors (Lipinski definition) is 0. The maximum atomic E-state index is 12.4. The van der Waals surface area contributed by atoms with Gasteiger partial charge < -0.3 is 23.7 Å². The first-order chi connectivity index (χ1) is 15.7. The van der Waals surface area contributed by atoms with Crippen LogP contribution >= 0.6 is 0 Å². The van der Waals surface area contributed by atoms with Crippen LogP contribution < -0.4 is 0 Å². The first kappa shape index (κ1) is 23.0. The zero-order valence-electron chi connectivity index (χ0n) is 19.5. The topological polar surface area (TPSA) is 66.5 Å². The molecule has 2 aliphatic carbocycles. The van der Waals surface area contributed by atoms with Crippen LogP contribution in [0.25, 0.3) is 0 Å². The number of epoxide rings is 1. The van der Waals surface area contributed by atoms with Crippen LogP contribution in [-0.2, 0) is 28.5 Å². The largest absolute Gasteiger partial charge is 0.357 e. The second-order valence-corrected chi connectivity index (χ2v) is 10.3. The summed E-state index contributed by atoms with van der Waals surface area (Å²) in [5.41, 5.74) is -0.281. The SMILES string of the molecule is CCCCC[C@@H](C=C[C@@H]1[C@H]2CC(=O)[C@H]3O[C@]32C[C@H]1OC1CCCCO1)OC1CCCCO1. The minimum Gasteiger partial charge on any atom is -0.357 e. The number of ether oxygens (including phenoxy) is 5. The summed E-state index contributed by atoms with van der Waals surface area (Å²) in [7, 11) is 0. The monoisotopic (exact) mass is 448 g/mol.